The fraction of sp³-hybridized carbons (Fsp3) is 0.962. The molecule has 0 rings (SSSR count). The van der Waals surface area contributed by atoms with Gasteiger partial charge >= 0.3 is 11.9 Å². The monoisotopic (exact) mass is 822 g/mol. The summed E-state index contributed by atoms with van der Waals surface area (Å²) in [5, 5.41) is 15.3. The Hall–Kier alpha value is -1.14. The second-order valence-electron chi connectivity index (χ2n) is 18.3. The van der Waals surface area contributed by atoms with Crippen molar-refractivity contribution in [2.24, 2.45) is 11.8 Å². The molecule has 2 atom stereocenters. The van der Waals surface area contributed by atoms with Crippen LogP contribution in [0.15, 0.2) is 0 Å². The average Bonchev–Trinajstić information content (AvgIpc) is 3.22. The maximum Gasteiger partial charge on any atom is 0.308 e. The van der Waals surface area contributed by atoms with E-state index in [1.54, 1.807) is 0 Å². The van der Waals surface area contributed by atoms with Crippen molar-refractivity contribution in [2.45, 2.75) is 284 Å². The molecule has 6 nitrogen and oxygen atoms in total. The Kier molecular flexibility index (Phi) is 43.1. The smallest absolute Gasteiger partial charge is 0.308 e. The minimum Gasteiger partial charge on any atom is -0.465 e. The summed E-state index contributed by atoms with van der Waals surface area (Å²) >= 11 is 0. The Labute approximate surface area is 362 Å². The van der Waals surface area contributed by atoms with Gasteiger partial charge in [-0.3, -0.25) is 9.59 Å². The van der Waals surface area contributed by atoms with Gasteiger partial charge in [0.1, 0.15) is 0 Å². The van der Waals surface area contributed by atoms with Crippen molar-refractivity contribution < 1.29 is 24.2 Å². The second kappa shape index (κ2) is 43.9. The number of aliphatic hydroxyl groups is 1. The first-order valence-corrected chi connectivity index (χ1v) is 26.1. The summed E-state index contributed by atoms with van der Waals surface area (Å²) in [6, 6.07) is 0. The van der Waals surface area contributed by atoms with Crippen LogP contribution in [0.1, 0.15) is 279 Å². The molecule has 0 bridgehead atoms. The van der Waals surface area contributed by atoms with Crippen LogP contribution in [0.25, 0.3) is 0 Å². The lowest BCUT2D eigenvalue weighted by atomic mass is 9.85. The summed E-state index contributed by atoms with van der Waals surface area (Å²) in [6.07, 6.45) is 42.7. The fourth-order valence-electron chi connectivity index (χ4n) is 8.52. The molecule has 58 heavy (non-hydrogen) atoms. The largest absolute Gasteiger partial charge is 0.465 e. The molecule has 0 aliphatic heterocycles. The Morgan fingerprint density at radius 2 is 0.707 bits per heavy atom. The maximum atomic E-state index is 13.1. The number of esters is 2. The molecule has 6 heteroatoms. The van der Waals surface area contributed by atoms with Gasteiger partial charge in [0, 0.05) is 0 Å². The Morgan fingerprint density at radius 1 is 0.397 bits per heavy atom. The van der Waals surface area contributed by atoms with E-state index in [-0.39, 0.29) is 23.8 Å². The first-order chi connectivity index (χ1) is 28.4. The van der Waals surface area contributed by atoms with Gasteiger partial charge < -0.3 is 19.9 Å². The lowest BCUT2D eigenvalue weighted by molar-refractivity contribution is -0.150. The van der Waals surface area contributed by atoms with Gasteiger partial charge in [0.2, 0.25) is 0 Å². The van der Waals surface area contributed by atoms with Crippen molar-refractivity contribution in [1.29, 1.82) is 0 Å². The lowest BCUT2D eigenvalue weighted by Crippen LogP contribution is -2.29. The number of ether oxygens (including phenoxy) is 2. The van der Waals surface area contributed by atoms with E-state index in [0.717, 1.165) is 154 Å². The molecule has 0 heterocycles. The van der Waals surface area contributed by atoms with Crippen LogP contribution in [0.3, 0.4) is 0 Å². The Bertz CT molecular complexity index is 807. The number of hydrogen-bond donors (Lipinski definition) is 2. The van der Waals surface area contributed by atoms with Crippen LogP contribution in [-0.4, -0.2) is 48.9 Å². The highest BCUT2D eigenvalue weighted by atomic mass is 16.5. The third-order valence-electron chi connectivity index (χ3n) is 12.5. The fourth-order valence-corrected chi connectivity index (χ4v) is 8.52. The molecule has 0 aliphatic carbocycles. The standard InChI is InChI=1S/C52H103NO5/c1-6-11-15-19-21-29-39-48(37-27-17-13-8-3)50(54)57-46-35-25-23-31-41-52(56,43-33-34-45-53-44-10-5)42-32-24-26-36-47-58-51(55)49(38-28-18-14-9-4)40-30-22-20-16-12-7-2/h48-49,53,56H,6-47H2,1-5H3. The highest BCUT2D eigenvalue weighted by Crippen LogP contribution is 2.29. The van der Waals surface area contributed by atoms with Gasteiger partial charge in [0.15, 0.2) is 0 Å². The summed E-state index contributed by atoms with van der Waals surface area (Å²) in [5.74, 6) is 0.220. The molecular formula is C52H103NO5. The van der Waals surface area contributed by atoms with E-state index < -0.39 is 5.60 Å². The van der Waals surface area contributed by atoms with E-state index in [2.05, 4.69) is 39.9 Å². The number of hydrogen-bond acceptors (Lipinski definition) is 6. The van der Waals surface area contributed by atoms with Crippen LogP contribution in [0.5, 0.6) is 0 Å². The van der Waals surface area contributed by atoms with Crippen molar-refractivity contribution in [1.82, 2.24) is 5.32 Å². The third-order valence-corrected chi connectivity index (χ3v) is 12.5. The van der Waals surface area contributed by atoms with Crippen molar-refractivity contribution in [3.63, 3.8) is 0 Å². The molecule has 0 saturated heterocycles. The summed E-state index contributed by atoms with van der Waals surface area (Å²) in [5.41, 5.74) is -0.604. The number of carbonyl (C=O) groups excluding carboxylic acids is 2. The molecule has 0 spiro atoms. The Balaban J connectivity index is 4.66. The van der Waals surface area contributed by atoms with Crippen LogP contribution in [0.2, 0.25) is 0 Å². The predicted octanol–water partition coefficient (Wildman–Crippen LogP) is 15.5. The summed E-state index contributed by atoms with van der Waals surface area (Å²) in [4.78, 5) is 26.1. The number of rotatable bonds is 47. The first kappa shape index (κ1) is 56.9. The molecule has 0 aliphatic rings. The molecule has 2 N–H and O–H groups in total. The number of nitrogens with one attached hydrogen (secondary N) is 1. The highest BCUT2D eigenvalue weighted by Gasteiger charge is 2.25. The van der Waals surface area contributed by atoms with Crippen LogP contribution in [-0.2, 0) is 19.1 Å². The van der Waals surface area contributed by atoms with Crippen molar-refractivity contribution >= 4 is 11.9 Å². The van der Waals surface area contributed by atoms with Crippen molar-refractivity contribution in [3.8, 4) is 0 Å². The van der Waals surface area contributed by atoms with E-state index in [9.17, 15) is 14.7 Å². The predicted molar refractivity (Wildman–Crippen MR) is 251 cm³/mol. The van der Waals surface area contributed by atoms with Gasteiger partial charge in [0.25, 0.3) is 0 Å². The van der Waals surface area contributed by atoms with Crippen molar-refractivity contribution in [3.05, 3.63) is 0 Å². The summed E-state index contributed by atoms with van der Waals surface area (Å²) in [7, 11) is 0. The summed E-state index contributed by atoms with van der Waals surface area (Å²) < 4.78 is 11.7. The van der Waals surface area contributed by atoms with Gasteiger partial charge in [-0.2, -0.15) is 0 Å². The topological polar surface area (TPSA) is 84.9 Å². The average molecular weight is 822 g/mol. The molecule has 0 fully saturated rings. The van der Waals surface area contributed by atoms with E-state index in [1.165, 1.54) is 103 Å². The number of unbranched alkanes of at least 4 members (excludes halogenated alkanes) is 23. The molecular weight excluding hydrogens is 719 g/mol. The van der Waals surface area contributed by atoms with E-state index in [4.69, 9.17) is 9.47 Å². The highest BCUT2D eigenvalue weighted by molar-refractivity contribution is 5.72. The molecule has 0 aromatic carbocycles. The SMILES string of the molecule is CCCCCCCCC(CCCCCC)C(=O)OCCCCCCC(O)(CCCCCCOC(=O)C(CCCCCC)CCCCCCCC)CCCCNCCC. The molecule has 346 valence electrons. The zero-order valence-corrected chi connectivity index (χ0v) is 39.9. The Morgan fingerprint density at radius 3 is 1.09 bits per heavy atom. The summed E-state index contributed by atoms with van der Waals surface area (Å²) in [6.45, 7) is 14.3. The quantitative estimate of drug-likeness (QED) is 0.0470. The van der Waals surface area contributed by atoms with Gasteiger partial charge in [-0.25, -0.2) is 0 Å². The zero-order valence-electron chi connectivity index (χ0n) is 39.9. The number of carbonyl (C=O) groups is 2. The molecule has 0 saturated carbocycles. The van der Waals surface area contributed by atoms with Crippen molar-refractivity contribution in [2.75, 3.05) is 26.3 Å². The molecule has 0 amide bonds. The maximum absolute atomic E-state index is 13.1. The second-order valence-corrected chi connectivity index (χ2v) is 18.3. The minimum atomic E-state index is -0.604. The van der Waals surface area contributed by atoms with Gasteiger partial charge in [-0.15, -0.1) is 0 Å². The zero-order chi connectivity index (χ0) is 42.6. The molecule has 2 unspecified atom stereocenters. The van der Waals surface area contributed by atoms with Gasteiger partial charge in [-0.05, 0) is 90.1 Å². The third kappa shape index (κ3) is 36.7. The van der Waals surface area contributed by atoms with Crippen LogP contribution >= 0.6 is 0 Å². The molecule has 0 radical (unpaired) electrons. The van der Waals surface area contributed by atoms with Crippen LogP contribution in [0.4, 0.5) is 0 Å². The molecule has 0 aromatic rings. The van der Waals surface area contributed by atoms with Gasteiger partial charge in [-0.1, -0.05) is 202 Å². The lowest BCUT2D eigenvalue weighted by Gasteiger charge is -2.29. The minimum absolute atomic E-state index is 0.0384. The van der Waals surface area contributed by atoms with Gasteiger partial charge in [0.05, 0.1) is 30.7 Å². The van der Waals surface area contributed by atoms with E-state index >= 15 is 0 Å². The normalized spacial score (nSPS) is 13.7. The van der Waals surface area contributed by atoms with Crippen LogP contribution in [0, 0.1) is 11.8 Å². The van der Waals surface area contributed by atoms with E-state index in [0.29, 0.717) is 13.2 Å². The first-order valence-electron chi connectivity index (χ1n) is 26.1. The molecule has 0 aromatic heterocycles. The van der Waals surface area contributed by atoms with Crippen LogP contribution < -0.4 is 5.32 Å². The van der Waals surface area contributed by atoms with E-state index in [1.807, 2.05) is 0 Å².